The zero-order chi connectivity index (χ0) is 18.5. The summed E-state index contributed by atoms with van der Waals surface area (Å²) in [4.78, 5) is 14.2. The van der Waals surface area contributed by atoms with Crippen molar-refractivity contribution in [2.75, 3.05) is 40.0 Å². The van der Waals surface area contributed by atoms with Gasteiger partial charge in [0.15, 0.2) is 0 Å². The number of nitrogens with zero attached hydrogens (tertiary/aromatic N) is 2. The Morgan fingerprint density at radius 1 is 1.27 bits per heavy atom. The molecule has 142 valence electrons. The fourth-order valence-electron chi connectivity index (χ4n) is 3.40. The van der Waals surface area contributed by atoms with Gasteiger partial charge in [-0.2, -0.15) is 0 Å². The Labute approximate surface area is 155 Å². The molecule has 3 rings (SSSR count). The van der Waals surface area contributed by atoms with Crippen molar-refractivity contribution >= 4 is 16.8 Å². The number of rotatable bonds is 4. The van der Waals surface area contributed by atoms with E-state index in [2.05, 4.69) is 47.0 Å². The van der Waals surface area contributed by atoms with Crippen molar-refractivity contribution in [3.05, 3.63) is 30.0 Å². The van der Waals surface area contributed by atoms with Crippen LogP contribution in [0.3, 0.4) is 0 Å². The van der Waals surface area contributed by atoms with Crippen LogP contribution in [0.5, 0.6) is 5.75 Å². The lowest BCUT2D eigenvalue weighted by molar-refractivity contribution is -0.122. The van der Waals surface area contributed by atoms with Crippen LogP contribution in [0.4, 0.5) is 0 Å². The molecule has 2 aromatic rings. The number of hydrogen-bond donors (Lipinski definition) is 1. The molecule has 1 aliphatic rings. The molecule has 0 spiro atoms. The smallest absolute Gasteiger partial charge is 0.221 e. The Bertz CT molecular complexity index is 754. The number of amides is 1. The van der Waals surface area contributed by atoms with Crippen LogP contribution < -0.4 is 10.1 Å². The van der Waals surface area contributed by atoms with Gasteiger partial charge < -0.3 is 19.4 Å². The van der Waals surface area contributed by atoms with Crippen LogP contribution in [0.1, 0.15) is 31.9 Å². The molecule has 6 heteroatoms. The van der Waals surface area contributed by atoms with Crippen molar-refractivity contribution in [2.24, 2.45) is 0 Å². The molecule has 0 unspecified atom stereocenters. The summed E-state index contributed by atoms with van der Waals surface area (Å²) in [5.74, 6) is 0.954. The van der Waals surface area contributed by atoms with Gasteiger partial charge in [0.05, 0.1) is 20.3 Å². The maximum absolute atomic E-state index is 11.9. The van der Waals surface area contributed by atoms with Gasteiger partial charge in [-0.3, -0.25) is 9.69 Å². The Morgan fingerprint density at radius 2 is 2.12 bits per heavy atom. The molecular formula is C20H29N3O3. The summed E-state index contributed by atoms with van der Waals surface area (Å²) in [7, 11) is 1.70. The highest BCUT2D eigenvalue weighted by atomic mass is 16.5. The summed E-state index contributed by atoms with van der Waals surface area (Å²) in [6.07, 6.45) is 2.75. The fraction of sp³-hybridized carbons (Fsp3) is 0.550. The second kappa shape index (κ2) is 8.56. The molecule has 0 aliphatic carbocycles. The summed E-state index contributed by atoms with van der Waals surface area (Å²) >= 11 is 0. The Hall–Kier alpha value is -2.05. The second-order valence-electron chi connectivity index (χ2n) is 7.03. The minimum absolute atomic E-state index is 0.0896. The van der Waals surface area contributed by atoms with Crippen LogP contribution in [0.15, 0.2) is 24.4 Å². The summed E-state index contributed by atoms with van der Waals surface area (Å²) in [6.45, 7) is 8.58. The monoisotopic (exact) mass is 359 g/mol. The third kappa shape index (κ3) is 4.37. The average molecular weight is 359 g/mol. The van der Waals surface area contributed by atoms with Gasteiger partial charge in [-0.1, -0.05) is 0 Å². The van der Waals surface area contributed by atoms with Gasteiger partial charge in [-0.05, 0) is 37.6 Å². The Kier molecular flexibility index (Phi) is 6.16. The standard InChI is InChI=1S/C20H29N3O3/c1-15(2)23-14-16(18-12-17(25-3)4-5-19(18)23)13-22-8-6-20(24)21-7-10-26-11-9-22/h4-5,12,14-15H,6-11,13H2,1-3H3,(H,21,24). The molecular weight excluding hydrogens is 330 g/mol. The van der Waals surface area contributed by atoms with E-state index < -0.39 is 0 Å². The van der Waals surface area contributed by atoms with Crippen LogP contribution in [0.2, 0.25) is 0 Å². The molecule has 2 heterocycles. The summed E-state index contributed by atoms with van der Waals surface area (Å²) in [6, 6.07) is 6.62. The van der Waals surface area contributed by atoms with Crippen LogP contribution in [-0.2, 0) is 16.1 Å². The average Bonchev–Trinajstić information content (AvgIpc) is 3.00. The third-order valence-electron chi connectivity index (χ3n) is 4.85. The van der Waals surface area contributed by atoms with E-state index in [0.29, 0.717) is 32.2 Å². The molecule has 0 radical (unpaired) electrons. The van der Waals surface area contributed by atoms with Crippen LogP contribution in [0.25, 0.3) is 10.9 Å². The van der Waals surface area contributed by atoms with Gasteiger partial charge in [0.25, 0.3) is 0 Å². The topological polar surface area (TPSA) is 55.7 Å². The normalized spacial score (nSPS) is 17.5. The van der Waals surface area contributed by atoms with Gasteiger partial charge in [-0.15, -0.1) is 0 Å². The highest BCUT2D eigenvalue weighted by molar-refractivity contribution is 5.85. The van der Waals surface area contributed by atoms with Crippen molar-refractivity contribution in [1.29, 1.82) is 0 Å². The predicted octanol–water partition coefficient (Wildman–Crippen LogP) is 2.57. The molecule has 1 fully saturated rings. The van der Waals surface area contributed by atoms with E-state index in [0.717, 1.165) is 25.4 Å². The first-order chi connectivity index (χ1) is 12.6. The van der Waals surface area contributed by atoms with E-state index in [1.165, 1.54) is 16.5 Å². The summed E-state index contributed by atoms with van der Waals surface area (Å²) < 4.78 is 13.3. The number of methoxy groups -OCH3 is 1. The number of nitrogens with one attached hydrogen (secondary N) is 1. The molecule has 6 nitrogen and oxygen atoms in total. The SMILES string of the molecule is COc1ccc2c(c1)c(CN1CCOCCNC(=O)CC1)cn2C(C)C. The third-order valence-corrected chi connectivity index (χ3v) is 4.85. The Morgan fingerprint density at radius 3 is 2.88 bits per heavy atom. The number of aromatic nitrogens is 1. The van der Waals surface area contributed by atoms with Crippen molar-refractivity contribution in [3.8, 4) is 5.75 Å². The highest BCUT2D eigenvalue weighted by Crippen LogP contribution is 2.29. The summed E-state index contributed by atoms with van der Waals surface area (Å²) in [5.41, 5.74) is 2.47. The molecule has 1 saturated heterocycles. The van der Waals surface area contributed by atoms with E-state index in [9.17, 15) is 4.79 Å². The minimum atomic E-state index is 0.0896. The first-order valence-corrected chi connectivity index (χ1v) is 9.32. The maximum atomic E-state index is 11.9. The van der Waals surface area contributed by atoms with E-state index in [-0.39, 0.29) is 5.91 Å². The van der Waals surface area contributed by atoms with E-state index in [1.807, 2.05) is 6.07 Å². The largest absolute Gasteiger partial charge is 0.497 e. The van der Waals surface area contributed by atoms with Gasteiger partial charge >= 0.3 is 0 Å². The lowest BCUT2D eigenvalue weighted by Gasteiger charge is -2.23. The van der Waals surface area contributed by atoms with E-state index in [1.54, 1.807) is 7.11 Å². The van der Waals surface area contributed by atoms with Gasteiger partial charge in [0.2, 0.25) is 5.91 Å². The van der Waals surface area contributed by atoms with Crippen molar-refractivity contribution in [1.82, 2.24) is 14.8 Å². The van der Waals surface area contributed by atoms with Crippen molar-refractivity contribution < 1.29 is 14.3 Å². The van der Waals surface area contributed by atoms with Gasteiger partial charge in [0, 0.05) is 55.7 Å². The number of benzene rings is 1. The number of carbonyl (C=O) groups excluding carboxylic acids is 1. The molecule has 0 bridgehead atoms. The van der Waals surface area contributed by atoms with Crippen LogP contribution >= 0.6 is 0 Å². The number of carbonyl (C=O) groups is 1. The molecule has 1 aromatic heterocycles. The van der Waals surface area contributed by atoms with E-state index >= 15 is 0 Å². The van der Waals surface area contributed by atoms with Gasteiger partial charge in [-0.25, -0.2) is 0 Å². The van der Waals surface area contributed by atoms with Crippen LogP contribution in [0, 0.1) is 0 Å². The van der Waals surface area contributed by atoms with Crippen molar-refractivity contribution in [2.45, 2.75) is 32.9 Å². The highest BCUT2D eigenvalue weighted by Gasteiger charge is 2.16. The lowest BCUT2D eigenvalue weighted by atomic mass is 10.1. The maximum Gasteiger partial charge on any atom is 0.221 e. The molecule has 0 atom stereocenters. The number of ether oxygens (including phenoxy) is 2. The molecule has 0 saturated carbocycles. The van der Waals surface area contributed by atoms with Gasteiger partial charge in [0.1, 0.15) is 5.75 Å². The molecule has 1 N–H and O–H groups in total. The van der Waals surface area contributed by atoms with Crippen molar-refractivity contribution in [3.63, 3.8) is 0 Å². The zero-order valence-corrected chi connectivity index (χ0v) is 16.0. The molecule has 1 aromatic carbocycles. The van der Waals surface area contributed by atoms with E-state index in [4.69, 9.17) is 9.47 Å². The zero-order valence-electron chi connectivity index (χ0n) is 16.0. The fourth-order valence-corrected chi connectivity index (χ4v) is 3.40. The predicted molar refractivity (Wildman–Crippen MR) is 103 cm³/mol. The number of fused-ring (bicyclic) bond motifs is 1. The first kappa shape index (κ1) is 18.7. The lowest BCUT2D eigenvalue weighted by Crippen LogP contribution is -2.36. The van der Waals surface area contributed by atoms with Crippen LogP contribution in [-0.4, -0.2) is 55.3 Å². The minimum Gasteiger partial charge on any atom is -0.497 e. The molecule has 1 amide bonds. The Balaban J connectivity index is 1.86. The summed E-state index contributed by atoms with van der Waals surface area (Å²) in [5, 5.41) is 4.10. The first-order valence-electron chi connectivity index (χ1n) is 9.32. The number of hydrogen-bond acceptors (Lipinski definition) is 4. The quantitative estimate of drug-likeness (QED) is 0.912. The molecule has 26 heavy (non-hydrogen) atoms. The second-order valence-corrected chi connectivity index (χ2v) is 7.03. The molecule has 1 aliphatic heterocycles.